The molecule has 1 aliphatic rings. The first-order chi connectivity index (χ1) is 18.3. The minimum absolute atomic E-state index is 0.00282. The van der Waals surface area contributed by atoms with E-state index < -0.39 is 35.8 Å². The number of carbonyl (C=O) groups is 1. The molecule has 3 heterocycles. The van der Waals surface area contributed by atoms with E-state index in [0.717, 1.165) is 6.07 Å². The minimum Gasteiger partial charge on any atom is -0.494 e. The summed E-state index contributed by atoms with van der Waals surface area (Å²) in [5.74, 6) is -1.72. The van der Waals surface area contributed by atoms with Gasteiger partial charge in [-0.25, -0.2) is 23.1 Å². The number of nitrogens with one attached hydrogen (secondary N) is 2. The van der Waals surface area contributed by atoms with Crippen molar-refractivity contribution >= 4 is 22.8 Å². The monoisotopic (exact) mass is 526 g/mol. The Bertz CT molecular complexity index is 1480. The third-order valence-electron chi connectivity index (χ3n) is 6.36. The lowest BCUT2D eigenvalue weighted by Crippen LogP contribution is -2.39. The van der Waals surface area contributed by atoms with Crippen LogP contribution in [0.15, 0.2) is 48.9 Å². The van der Waals surface area contributed by atoms with Crippen molar-refractivity contribution in [3.05, 3.63) is 77.2 Å². The number of halogens is 3. The van der Waals surface area contributed by atoms with Crippen molar-refractivity contribution < 1.29 is 27.4 Å². The molecule has 2 N–H and O–H groups in total. The van der Waals surface area contributed by atoms with E-state index in [-0.39, 0.29) is 34.8 Å². The molecule has 1 amide bonds. The molecule has 4 aromatic rings. The number of carbonyl (C=O) groups excluding carboxylic acids is 1. The standard InChI is InChI=1S/C26H25F3N6O3/c1-35-12-16(10-31-35)24(14-3-4-23(37-2)19(28)7-14)34-25(36)15-8-18(27)17-11-30-26(33-22(17)9-15)32-21-5-6-38-13-20(21)29/h3-4,7-12,20-21,24H,5-6,13H2,1-2H3,(H,34,36)(H,30,32,33). The fourth-order valence-electron chi connectivity index (χ4n) is 4.35. The average Bonchev–Trinajstić information content (AvgIpc) is 3.34. The van der Waals surface area contributed by atoms with Crippen LogP contribution < -0.4 is 15.4 Å². The van der Waals surface area contributed by atoms with E-state index in [1.807, 2.05) is 0 Å². The number of anilines is 1. The molecule has 2 aromatic heterocycles. The topological polar surface area (TPSA) is 103 Å². The zero-order chi connectivity index (χ0) is 26.8. The maximum atomic E-state index is 14.9. The molecule has 5 rings (SSSR count). The summed E-state index contributed by atoms with van der Waals surface area (Å²) in [5, 5.41) is 10.0. The van der Waals surface area contributed by atoms with Gasteiger partial charge in [-0.1, -0.05) is 6.07 Å². The Morgan fingerprint density at radius 1 is 1.18 bits per heavy atom. The lowest BCUT2D eigenvalue weighted by atomic mass is 10.0. The van der Waals surface area contributed by atoms with Crippen LogP contribution >= 0.6 is 0 Å². The third kappa shape index (κ3) is 5.25. The largest absolute Gasteiger partial charge is 0.494 e. The highest BCUT2D eigenvalue weighted by Gasteiger charge is 2.26. The van der Waals surface area contributed by atoms with Gasteiger partial charge in [0.2, 0.25) is 5.95 Å². The fraction of sp³-hybridized carbons (Fsp3) is 0.308. The molecule has 0 aliphatic carbocycles. The number of benzene rings is 2. The molecule has 9 nitrogen and oxygen atoms in total. The number of alkyl halides is 1. The van der Waals surface area contributed by atoms with Gasteiger partial charge in [0.1, 0.15) is 12.0 Å². The highest BCUT2D eigenvalue weighted by molar-refractivity contribution is 5.98. The summed E-state index contributed by atoms with van der Waals surface area (Å²) >= 11 is 0. The lowest BCUT2D eigenvalue weighted by molar-refractivity contribution is 0.0284. The van der Waals surface area contributed by atoms with E-state index in [2.05, 4.69) is 25.7 Å². The number of aromatic nitrogens is 4. The average molecular weight is 527 g/mol. The van der Waals surface area contributed by atoms with Crippen molar-refractivity contribution in [3.8, 4) is 5.75 Å². The predicted molar refractivity (Wildman–Crippen MR) is 133 cm³/mol. The molecule has 12 heteroatoms. The highest BCUT2D eigenvalue weighted by atomic mass is 19.1. The molecule has 1 saturated heterocycles. The van der Waals surface area contributed by atoms with E-state index in [0.29, 0.717) is 24.2 Å². The number of hydrogen-bond acceptors (Lipinski definition) is 7. The molecule has 38 heavy (non-hydrogen) atoms. The number of methoxy groups -OCH3 is 1. The summed E-state index contributed by atoms with van der Waals surface area (Å²) < 4.78 is 55.3. The van der Waals surface area contributed by atoms with Crippen molar-refractivity contribution in [2.24, 2.45) is 7.05 Å². The first kappa shape index (κ1) is 25.5. The van der Waals surface area contributed by atoms with Crippen LogP contribution in [-0.2, 0) is 11.8 Å². The van der Waals surface area contributed by atoms with Crippen LogP contribution in [0.1, 0.15) is 33.9 Å². The number of hydrogen-bond donors (Lipinski definition) is 2. The van der Waals surface area contributed by atoms with E-state index in [1.165, 1.54) is 31.5 Å². The van der Waals surface area contributed by atoms with Gasteiger partial charge >= 0.3 is 0 Å². The molecule has 3 atom stereocenters. The van der Waals surface area contributed by atoms with Gasteiger partial charge in [-0.05, 0) is 36.2 Å². The zero-order valence-corrected chi connectivity index (χ0v) is 20.6. The first-order valence-corrected chi connectivity index (χ1v) is 11.9. The fourth-order valence-corrected chi connectivity index (χ4v) is 4.35. The Morgan fingerprint density at radius 2 is 2.03 bits per heavy atom. The van der Waals surface area contributed by atoms with Crippen molar-refractivity contribution in [3.63, 3.8) is 0 Å². The summed E-state index contributed by atoms with van der Waals surface area (Å²) in [6.07, 6.45) is 3.72. The summed E-state index contributed by atoms with van der Waals surface area (Å²) in [7, 11) is 3.07. The minimum atomic E-state index is -1.23. The second-order valence-corrected chi connectivity index (χ2v) is 8.96. The van der Waals surface area contributed by atoms with Gasteiger partial charge in [-0.3, -0.25) is 9.48 Å². The quantitative estimate of drug-likeness (QED) is 0.379. The second-order valence-electron chi connectivity index (χ2n) is 8.96. The number of aryl methyl sites for hydroxylation is 1. The molecule has 0 spiro atoms. The maximum Gasteiger partial charge on any atom is 0.252 e. The Morgan fingerprint density at radius 3 is 2.74 bits per heavy atom. The number of ether oxygens (including phenoxy) is 2. The molecule has 0 saturated carbocycles. The van der Waals surface area contributed by atoms with Gasteiger partial charge in [0, 0.05) is 37.2 Å². The normalized spacial score (nSPS) is 18.2. The van der Waals surface area contributed by atoms with Crippen molar-refractivity contribution in [2.75, 3.05) is 25.6 Å². The number of fused-ring (bicyclic) bond motifs is 1. The van der Waals surface area contributed by atoms with Crippen LogP contribution in [-0.4, -0.2) is 58.2 Å². The van der Waals surface area contributed by atoms with Crippen LogP contribution in [0.2, 0.25) is 0 Å². The van der Waals surface area contributed by atoms with Gasteiger partial charge in [0.05, 0.1) is 42.9 Å². The second kappa shape index (κ2) is 10.7. The SMILES string of the molecule is COc1ccc(C(NC(=O)c2cc(F)c3cnc(NC4CCOCC4F)nc3c2)c2cnn(C)c2)cc1F. The number of amides is 1. The molecular formula is C26H25F3N6O3. The molecule has 0 bridgehead atoms. The number of rotatable bonds is 7. The molecule has 2 aromatic carbocycles. The molecule has 1 aliphatic heterocycles. The summed E-state index contributed by atoms with van der Waals surface area (Å²) in [6, 6.07) is 5.53. The van der Waals surface area contributed by atoms with E-state index in [4.69, 9.17) is 9.47 Å². The van der Waals surface area contributed by atoms with Gasteiger partial charge < -0.3 is 20.1 Å². The Balaban J connectivity index is 1.44. The molecule has 1 fully saturated rings. The van der Waals surface area contributed by atoms with Crippen LogP contribution in [0.5, 0.6) is 5.75 Å². The van der Waals surface area contributed by atoms with Crippen molar-refractivity contribution in [2.45, 2.75) is 24.7 Å². The number of nitrogens with zero attached hydrogens (tertiary/aromatic N) is 4. The Hall–Kier alpha value is -4.19. The summed E-state index contributed by atoms with van der Waals surface area (Å²) in [5.41, 5.74) is 1.20. The summed E-state index contributed by atoms with van der Waals surface area (Å²) in [4.78, 5) is 21.7. The van der Waals surface area contributed by atoms with E-state index >= 15 is 0 Å². The zero-order valence-electron chi connectivity index (χ0n) is 20.6. The van der Waals surface area contributed by atoms with Crippen molar-refractivity contribution in [1.82, 2.24) is 25.1 Å². The molecule has 3 unspecified atom stereocenters. The third-order valence-corrected chi connectivity index (χ3v) is 6.36. The van der Waals surface area contributed by atoms with Crippen LogP contribution in [0.25, 0.3) is 10.9 Å². The van der Waals surface area contributed by atoms with Gasteiger partial charge in [-0.2, -0.15) is 5.10 Å². The maximum absolute atomic E-state index is 14.9. The van der Waals surface area contributed by atoms with Gasteiger partial charge in [0.25, 0.3) is 5.91 Å². The smallest absolute Gasteiger partial charge is 0.252 e. The van der Waals surface area contributed by atoms with Crippen molar-refractivity contribution in [1.29, 1.82) is 0 Å². The van der Waals surface area contributed by atoms with Crippen LogP contribution in [0.4, 0.5) is 19.1 Å². The van der Waals surface area contributed by atoms with E-state index in [1.54, 1.807) is 30.2 Å². The molecule has 198 valence electrons. The van der Waals surface area contributed by atoms with Crippen LogP contribution in [0, 0.1) is 11.6 Å². The molecular weight excluding hydrogens is 501 g/mol. The Labute approximate surface area is 216 Å². The van der Waals surface area contributed by atoms with Gasteiger partial charge in [0.15, 0.2) is 11.6 Å². The van der Waals surface area contributed by atoms with E-state index in [9.17, 15) is 18.0 Å². The summed E-state index contributed by atoms with van der Waals surface area (Å²) in [6.45, 7) is 0.376. The first-order valence-electron chi connectivity index (χ1n) is 11.9. The lowest BCUT2D eigenvalue weighted by Gasteiger charge is -2.26. The highest BCUT2D eigenvalue weighted by Crippen LogP contribution is 2.28. The molecule has 0 radical (unpaired) electrons. The van der Waals surface area contributed by atoms with Crippen LogP contribution in [0.3, 0.4) is 0 Å². The van der Waals surface area contributed by atoms with Gasteiger partial charge in [-0.15, -0.1) is 0 Å². The predicted octanol–water partition coefficient (Wildman–Crippen LogP) is 3.71. The Kier molecular flexibility index (Phi) is 7.14.